The number of pyridine rings is 1. The molecule has 0 spiro atoms. The maximum Gasteiger partial charge on any atom is 0.236 e. The first-order valence-corrected chi connectivity index (χ1v) is 11.5. The van der Waals surface area contributed by atoms with E-state index in [9.17, 15) is 4.79 Å². The molecule has 1 amide bonds. The van der Waals surface area contributed by atoms with Crippen molar-refractivity contribution in [2.24, 2.45) is 0 Å². The SMILES string of the molecule is Cc1nc(N)nc(N[C@@H](C)c2cc3cccc(C)c3nc2N2CCN(CC(=O)N(C)C)CC2)n1. The number of aromatic nitrogens is 4. The zero-order valence-corrected chi connectivity index (χ0v) is 20.5. The lowest BCUT2D eigenvalue weighted by atomic mass is 10.0. The van der Waals surface area contributed by atoms with E-state index in [1.807, 2.05) is 0 Å². The van der Waals surface area contributed by atoms with Crippen LogP contribution in [0.1, 0.15) is 29.9 Å². The second-order valence-corrected chi connectivity index (χ2v) is 9.03. The predicted molar refractivity (Wildman–Crippen MR) is 135 cm³/mol. The van der Waals surface area contributed by atoms with Crippen molar-refractivity contribution in [3.63, 3.8) is 0 Å². The molecule has 0 unspecified atom stereocenters. The van der Waals surface area contributed by atoms with Crippen molar-refractivity contribution >= 4 is 34.5 Å². The number of piperazine rings is 1. The summed E-state index contributed by atoms with van der Waals surface area (Å²) in [7, 11) is 3.59. The average Bonchev–Trinajstić information content (AvgIpc) is 2.78. The van der Waals surface area contributed by atoms with E-state index in [4.69, 9.17) is 10.7 Å². The van der Waals surface area contributed by atoms with Crippen LogP contribution in [-0.2, 0) is 4.79 Å². The molecule has 180 valence electrons. The molecule has 3 heterocycles. The van der Waals surface area contributed by atoms with Gasteiger partial charge >= 0.3 is 0 Å². The van der Waals surface area contributed by atoms with Crippen molar-refractivity contribution in [1.29, 1.82) is 0 Å². The first-order chi connectivity index (χ1) is 16.2. The van der Waals surface area contributed by atoms with Crippen LogP contribution in [0.3, 0.4) is 0 Å². The number of hydrogen-bond donors (Lipinski definition) is 2. The van der Waals surface area contributed by atoms with Crippen LogP contribution >= 0.6 is 0 Å². The maximum atomic E-state index is 12.1. The van der Waals surface area contributed by atoms with Crippen LogP contribution in [0.4, 0.5) is 17.7 Å². The molecule has 0 saturated carbocycles. The molecule has 2 aromatic heterocycles. The summed E-state index contributed by atoms with van der Waals surface area (Å²) in [5.41, 5.74) is 9.03. The minimum atomic E-state index is -0.109. The highest BCUT2D eigenvalue weighted by atomic mass is 16.2. The zero-order valence-electron chi connectivity index (χ0n) is 20.5. The number of nitrogens with one attached hydrogen (secondary N) is 1. The quantitative estimate of drug-likeness (QED) is 0.566. The monoisotopic (exact) mass is 463 g/mol. The topological polar surface area (TPSA) is 116 Å². The van der Waals surface area contributed by atoms with E-state index in [-0.39, 0.29) is 17.9 Å². The predicted octanol–water partition coefficient (Wildman–Crippen LogP) is 2.00. The van der Waals surface area contributed by atoms with Gasteiger partial charge in [0.1, 0.15) is 11.6 Å². The molecule has 3 aromatic rings. The molecule has 4 rings (SSSR count). The summed E-state index contributed by atoms with van der Waals surface area (Å²) < 4.78 is 0. The number of carbonyl (C=O) groups is 1. The van der Waals surface area contributed by atoms with Crippen LogP contribution in [0.2, 0.25) is 0 Å². The molecule has 1 aromatic carbocycles. The molecule has 1 saturated heterocycles. The summed E-state index contributed by atoms with van der Waals surface area (Å²) >= 11 is 0. The van der Waals surface area contributed by atoms with Gasteiger partial charge in [0.25, 0.3) is 0 Å². The largest absolute Gasteiger partial charge is 0.368 e. The first-order valence-electron chi connectivity index (χ1n) is 11.5. The molecule has 34 heavy (non-hydrogen) atoms. The van der Waals surface area contributed by atoms with E-state index in [0.29, 0.717) is 18.3 Å². The number of amides is 1. The number of nitrogen functional groups attached to an aromatic ring is 1. The number of carbonyl (C=O) groups excluding carboxylic acids is 1. The van der Waals surface area contributed by atoms with Crippen LogP contribution in [0.5, 0.6) is 0 Å². The van der Waals surface area contributed by atoms with Gasteiger partial charge in [-0.25, -0.2) is 4.98 Å². The number of para-hydroxylation sites is 1. The molecule has 1 fully saturated rings. The summed E-state index contributed by atoms with van der Waals surface area (Å²) in [4.78, 5) is 36.1. The molecule has 1 aliphatic rings. The Morgan fingerprint density at radius 2 is 1.85 bits per heavy atom. The molecular formula is C24H33N9O. The first kappa shape index (κ1) is 23.6. The molecule has 1 atom stereocenters. The Morgan fingerprint density at radius 1 is 1.12 bits per heavy atom. The third-order valence-corrected chi connectivity index (χ3v) is 6.16. The minimum absolute atomic E-state index is 0.109. The lowest BCUT2D eigenvalue weighted by Gasteiger charge is -2.37. The number of rotatable bonds is 6. The van der Waals surface area contributed by atoms with E-state index in [1.165, 1.54) is 0 Å². The van der Waals surface area contributed by atoms with Gasteiger partial charge in [0.2, 0.25) is 17.8 Å². The highest BCUT2D eigenvalue weighted by Crippen LogP contribution is 2.32. The summed E-state index contributed by atoms with van der Waals surface area (Å²) in [6, 6.07) is 8.31. The summed E-state index contributed by atoms with van der Waals surface area (Å²) in [6.45, 7) is 9.58. The maximum absolute atomic E-state index is 12.1. The fourth-order valence-electron chi connectivity index (χ4n) is 4.21. The zero-order chi connectivity index (χ0) is 24.4. The van der Waals surface area contributed by atoms with Gasteiger partial charge in [-0.1, -0.05) is 18.2 Å². The minimum Gasteiger partial charge on any atom is -0.368 e. The number of anilines is 3. The molecule has 0 bridgehead atoms. The van der Waals surface area contributed by atoms with Gasteiger partial charge < -0.3 is 20.9 Å². The molecule has 0 aliphatic carbocycles. The van der Waals surface area contributed by atoms with E-state index in [0.717, 1.165) is 54.0 Å². The second kappa shape index (κ2) is 9.76. The number of nitrogens with two attached hydrogens (primary N) is 1. The van der Waals surface area contributed by atoms with Crippen molar-refractivity contribution in [2.45, 2.75) is 26.8 Å². The summed E-state index contributed by atoms with van der Waals surface area (Å²) in [6.07, 6.45) is 0. The normalized spacial score (nSPS) is 15.4. The molecule has 10 nitrogen and oxygen atoms in total. The molecule has 10 heteroatoms. The fraction of sp³-hybridized carbons (Fsp3) is 0.458. The molecular weight excluding hydrogens is 430 g/mol. The van der Waals surface area contributed by atoms with E-state index >= 15 is 0 Å². The van der Waals surface area contributed by atoms with Crippen molar-refractivity contribution in [3.05, 3.63) is 41.2 Å². The Balaban J connectivity index is 1.63. The Hall–Kier alpha value is -3.53. The smallest absolute Gasteiger partial charge is 0.236 e. The van der Waals surface area contributed by atoms with Gasteiger partial charge in [-0.15, -0.1) is 0 Å². The van der Waals surface area contributed by atoms with Crippen molar-refractivity contribution in [2.75, 3.05) is 62.8 Å². The van der Waals surface area contributed by atoms with Gasteiger partial charge in [0, 0.05) is 51.2 Å². The number of hydrogen-bond acceptors (Lipinski definition) is 9. The third kappa shape index (κ3) is 5.17. The Bertz CT molecular complexity index is 1170. The van der Waals surface area contributed by atoms with E-state index in [1.54, 1.807) is 25.9 Å². The lowest BCUT2D eigenvalue weighted by molar-refractivity contribution is -0.129. The van der Waals surface area contributed by atoms with Crippen LogP contribution in [-0.4, -0.2) is 82.5 Å². The van der Waals surface area contributed by atoms with Crippen molar-refractivity contribution in [1.82, 2.24) is 29.7 Å². The number of nitrogens with zero attached hydrogens (tertiary/aromatic N) is 7. The second-order valence-electron chi connectivity index (χ2n) is 9.03. The van der Waals surface area contributed by atoms with Crippen LogP contribution < -0.4 is 16.0 Å². The summed E-state index contributed by atoms with van der Waals surface area (Å²) in [5.74, 6) is 2.27. The fourth-order valence-corrected chi connectivity index (χ4v) is 4.21. The Kier molecular flexibility index (Phi) is 6.78. The number of likely N-dealkylation sites (N-methyl/N-ethyl adjacent to an activating group) is 1. The Morgan fingerprint density at radius 3 is 2.53 bits per heavy atom. The number of benzene rings is 1. The molecule has 1 aliphatic heterocycles. The Labute approximate surface area is 200 Å². The number of fused-ring (bicyclic) bond motifs is 1. The molecule has 3 N–H and O–H groups in total. The number of aryl methyl sites for hydroxylation is 2. The summed E-state index contributed by atoms with van der Waals surface area (Å²) in [5, 5.41) is 4.47. The van der Waals surface area contributed by atoms with E-state index < -0.39 is 0 Å². The van der Waals surface area contributed by atoms with Gasteiger partial charge in [-0.3, -0.25) is 9.69 Å². The van der Waals surface area contributed by atoms with Crippen LogP contribution in [0.25, 0.3) is 10.9 Å². The average molecular weight is 464 g/mol. The molecule has 0 radical (unpaired) electrons. The van der Waals surface area contributed by atoms with Crippen LogP contribution in [0.15, 0.2) is 24.3 Å². The standard InChI is InChI=1S/C24H33N9O/c1-15-7-6-8-18-13-19(16(2)26-24-28-17(3)27-23(25)30-24)22(29-21(15)18)33-11-9-32(10-12-33)14-20(34)31(4)5/h6-8,13,16H,9-12,14H2,1-5H3,(H3,25,26,27,28,30)/t16-/m0/s1. The van der Waals surface area contributed by atoms with Crippen molar-refractivity contribution in [3.8, 4) is 0 Å². The highest BCUT2D eigenvalue weighted by molar-refractivity contribution is 5.85. The van der Waals surface area contributed by atoms with Gasteiger partial charge in [0.05, 0.1) is 18.1 Å². The van der Waals surface area contributed by atoms with Gasteiger partial charge in [-0.05, 0) is 32.4 Å². The lowest BCUT2D eigenvalue weighted by Crippen LogP contribution is -2.49. The highest BCUT2D eigenvalue weighted by Gasteiger charge is 2.25. The van der Waals surface area contributed by atoms with Crippen molar-refractivity contribution < 1.29 is 4.79 Å². The van der Waals surface area contributed by atoms with Crippen LogP contribution in [0, 0.1) is 13.8 Å². The third-order valence-electron chi connectivity index (χ3n) is 6.16. The van der Waals surface area contributed by atoms with Gasteiger partial charge in [0.15, 0.2) is 0 Å². The van der Waals surface area contributed by atoms with Gasteiger partial charge in [-0.2, -0.15) is 15.0 Å². The van der Waals surface area contributed by atoms with E-state index in [2.05, 4.69) is 68.2 Å².